The van der Waals surface area contributed by atoms with E-state index in [1.54, 1.807) is 0 Å². The van der Waals surface area contributed by atoms with Gasteiger partial charge in [0.25, 0.3) is 0 Å². The lowest BCUT2D eigenvalue weighted by molar-refractivity contribution is -0.137. The summed E-state index contributed by atoms with van der Waals surface area (Å²) in [5.74, 6) is 0. The molecule has 1 heterocycles. The number of hydrogen-bond acceptors (Lipinski definition) is 3. The van der Waals surface area contributed by atoms with E-state index < -0.39 is 23.9 Å². The van der Waals surface area contributed by atoms with Crippen LogP contribution in [0.25, 0.3) is 0 Å². The SMILES string of the molecule is C[C@H]1C[C@@H](NC(=O)OCc2ccccc2)c2cc(C(F)(F)F)ccc2N1. The predicted molar refractivity (Wildman–Crippen MR) is 91.6 cm³/mol. The lowest BCUT2D eigenvalue weighted by atomic mass is 9.92. The number of amides is 1. The highest BCUT2D eigenvalue weighted by Gasteiger charge is 2.34. The van der Waals surface area contributed by atoms with Crippen molar-refractivity contribution in [3.05, 3.63) is 65.2 Å². The van der Waals surface area contributed by atoms with Crippen LogP contribution in [0.15, 0.2) is 48.5 Å². The molecule has 0 saturated heterocycles. The molecule has 7 heteroatoms. The van der Waals surface area contributed by atoms with Crippen molar-refractivity contribution in [2.75, 3.05) is 5.32 Å². The van der Waals surface area contributed by atoms with Gasteiger partial charge in [-0.25, -0.2) is 4.79 Å². The second-order valence-corrected chi connectivity index (χ2v) is 6.34. The Morgan fingerprint density at radius 2 is 1.96 bits per heavy atom. The van der Waals surface area contributed by atoms with Gasteiger partial charge in [0.2, 0.25) is 0 Å². The smallest absolute Gasteiger partial charge is 0.416 e. The summed E-state index contributed by atoms with van der Waals surface area (Å²) < 4.78 is 44.2. The van der Waals surface area contributed by atoms with E-state index in [4.69, 9.17) is 4.74 Å². The number of anilines is 1. The van der Waals surface area contributed by atoms with Crippen LogP contribution < -0.4 is 10.6 Å². The molecule has 138 valence electrons. The second kappa shape index (κ2) is 7.27. The van der Waals surface area contributed by atoms with Gasteiger partial charge in [0.1, 0.15) is 6.61 Å². The molecule has 1 aliphatic heterocycles. The first kappa shape index (κ1) is 18.1. The lowest BCUT2D eigenvalue weighted by Gasteiger charge is -2.32. The first-order chi connectivity index (χ1) is 12.3. The quantitative estimate of drug-likeness (QED) is 0.816. The topological polar surface area (TPSA) is 50.4 Å². The van der Waals surface area contributed by atoms with Crippen LogP contribution in [0.2, 0.25) is 0 Å². The van der Waals surface area contributed by atoms with Crippen LogP contribution in [0.5, 0.6) is 0 Å². The highest BCUT2D eigenvalue weighted by molar-refractivity contribution is 5.69. The molecule has 1 aliphatic rings. The maximum Gasteiger partial charge on any atom is 0.416 e. The number of benzene rings is 2. The Morgan fingerprint density at radius 3 is 2.65 bits per heavy atom. The zero-order valence-corrected chi connectivity index (χ0v) is 14.1. The minimum atomic E-state index is -4.43. The van der Waals surface area contributed by atoms with E-state index in [1.807, 2.05) is 37.3 Å². The third-order valence-electron chi connectivity index (χ3n) is 4.25. The summed E-state index contributed by atoms with van der Waals surface area (Å²) in [6.45, 7) is 2.01. The summed E-state index contributed by atoms with van der Waals surface area (Å²) in [5.41, 5.74) is 1.10. The van der Waals surface area contributed by atoms with Crippen LogP contribution in [0, 0.1) is 0 Å². The fraction of sp³-hybridized carbons (Fsp3) is 0.316. The highest BCUT2D eigenvalue weighted by Crippen LogP contribution is 2.37. The van der Waals surface area contributed by atoms with Crippen LogP contribution in [0.4, 0.5) is 23.7 Å². The summed E-state index contributed by atoms with van der Waals surface area (Å²) in [6.07, 6.45) is -4.62. The number of hydrogen-bond donors (Lipinski definition) is 2. The van der Waals surface area contributed by atoms with Gasteiger partial charge in [-0.15, -0.1) is 0 Å². The lowest BCUT2D eigenvalue weighted by Crippen LogP contribution is -2.36. The van der Waals surface area contributed by atoms with E-state index >= 15 is 0 Å². The van der Waals surface area contributed by atoms with E-state index in [-0.39, 0.29) is 12.6 Å². The molecule has 3 rings (SSSR count). The van der Waals surface area contributed by atoms with Crippen molar-refractivity contribution in [2.24, 2.45) is 0 Å². The number of carbonyl (C=O) groups is 1. The molecule has 0 spiro atoms. The molecule has 2 atom stereocenters. The molecule has 2 N–H and O–H groups in total. The molecule has 26 heavy (non-hydrogen) atoms. The molecular formula is C19H19F3N2O2. The minimum absolute atomic E-state index is 0.0126. The normalized spacial score (nSPS) is 19.2. The molecule has 2 aromatic carbocycles. The zero-order chi connectivity index (χ0) is 18.7. The van der Waals surface area contributed by atoms with Crippen LogP contribution in [0.3, 0.4) is 0 Å². The van der Waals surface area contributed by atoms with Gasteiger partial charge < -0.3 is 15.4 Å². The highest BCUT2D eigenvalue weighted by atomic mass is 19.4. The number of nitrogens with one attached hydrogen (secondary N) is 2. The molecule has 0 fully saturated rings. The summed E-state index contributed by atoms with van der Waals surface area (Å²) >= 11 is 0. The van der Waals surface area contributed by atoms with Crippen molar-refractivity contribution in [2.45, 2.75) is 38.2 Å². The van der Waals surface area contributed by atoms with Gasteiger partial charge in [0.15, 0.2) is 0 Å². The van der Waals surface area contributed by atoms with E-state index in [9.17, 15) is 18.0 Å². The number of alkyl halides is 3. The molecule has 1 amide bonds. The van der Waals surface area contributed by atoms with E-state index in [2.05, 4.69) is 10.6 Å². The third kappa shape index (κ3) is 4.28. The molecule has 0 saturated carbocycles. The van der Waals surface area contributed by atoms with E-state index in [1.165, 1.54) is 6.07 Å². The van der Waals surface area contributed by atoms with Crippen LogP contribution in [-0.2, 0) is 17.5 Å². The average molecular weight is 364 g/mol. The molecular weight excluding hydrogens is 345 g/mol. The van der Waals surface area contributed by atoms with Crippen molar-refractivity contribution in [1.82, 2.24) is 5.32 Å². The van der Waals surface area contributed by atoms with Gasteiger partial charge in [0, 0.05) is 11.7 Å². The average Bonchev–Trinajstić information content (AvgIpc) is 2.59. The zero-order valence-electron chi connectivity index (χ0n) is 14.1. The number of rotatable bonds is 3. The van der Waals surface area contributed by atoms with Crippen molar-refractivity contribution < 1.29 is 22.7 Å². The van der Waals surface area contributed by atoms with Gasteiger partial charge in [-0.1, -0.05) is 30.3 Å². The van der Waals surface area contributed by atoms with Crippen LogP contribution in [0.1, 0.15) is 36.1 Å². The minimum Gasteiger partial charge on any atom is -0.445 e. The Balaban J connectivity index is 1.73. The van der Waals surface area contributed by atoms with Gasteiger partial charge in [-0.2, -0.15) is 13.2 Å². The number of carbonyl (C=O) groups excluding carboxylic acids is 1. The molecule has 0 aliphatic carbocycles. The van der Waals surface area contributed by atoms with Gasteiger partial charge in [0.05, 0.1) is 11.6 Å². The van der Waals surface area contributed by atoms with Crippen molar-refractivity contribution in [1.29, 1.82) is 0 Å². The molecule has 0 aromatic heterocycles. The number of alkyl carbamates (subject to hydrolysis) is 1. The molecule has 2 aromatic rings. The van der Waals surface area contributed by atoms with Gasteiger partial charge in [-0.3, -0.25) is 0 Å². The second-order valence-electron chi connectivity index (χ2n) is 6.34. The summed E-state index contributed by atoms with van der Waals surface area (Å²) in [6, 6.07) is 12.2. The standard InChI is InChI=1S/C19H19F3N2O2/c1-12-9-17(24-18(25)26-11-13-5-3-2-4-6-13)15-10-14(19(20,21)22)7-8-16(15)23-12/h2-8,10,12,17,23H,9,11H2,1H3,(H,24,25)/t12-,17+/m0/s1. The number of ether oxygens (including phenoxy) is 1. The first-order valence-electron chi connectivity index (χ1n) is 8.28. The largest absolute Gasteiger partial charge is 0.445 e. The summed E-state index contributed by atoms with van der Waals surface area (Å²) in [5, 5.41) is 5.83. The Bertz CT molecular complexity index is 778. The van der Waals surface area contributed by atoms with E-state index in [0.29, 0.717) is 17.7 Å². The Labute approximate surface area is 149 Å². The summed E-state index contributed by atoms with van der Waals surface area (Å²) in [4.78, 5) is 12.1. The Hall–Kier alpha value is -2.70. The number of halogens is 3. The fourth-order valence-electron chi connectivity index (χ4n) is 3.01. The molecule has 4 nitrogen and oxygen atoms in total. The Kier molecular flexibility index (Phi) is 5.06. The van der Waals surface area contributed by atoms with Crippen molar-refractivity contribution in [3.8, 4) is 0 Å². The molecule has 0 unspecified atom stereocenters. The van der Waals surface area contributed by atoms with E-state index in [0.717, 1.165) is 17.7 Å². The summed E-state index contributed by atoms with van der Waals surface area (Å²) in [7, 11) is 0. The van der Waals surface area contributed by atoms with Crippen LogP contribution >= 0.6 is 0 Å². The maximum atomic E-state index is 13.0. The number of fused-ring (bicyclic) bond motifs is 1. The van der Waals surface area contributed by atoms with Gasteiger partial charge in [-0.05, 0) is 42.7 Å². The monoisotopic (exact) mass is 364 g/mol. The fourth-order valence-corrected chi connectivity index (χ4v) is 3.01. The van der Waals surface area contributed by atoms with Crippen LogP contribution in [-0.4, -0.2) is 12.1 Å². The first-order valence-corrected chi connectivity index (χ1v) is 8.28. The Morgan fingerprint density at radius 1 is 1.23 bits per heavy atom. The molecule has 0 radical (unpaired) electrons. The van der Waals surface area contributed by atoms with Crippen molar-refractivity contribution in [3.63, 3.8) is 0 Å². The van der Waals surface area contributed by atoms with Gasteiger partial charge >= 0.3 is 12.3 Å². The molecule has 0 bridgehead atoms. The third-order valence-corrected chi connectivity index (χ3v) is 4.25. The predicted octanol–water partition coefficient (Wildman–Crippen LogP) is 4.88. The maximum absolute atomic E-state index is 13.0. The van der Waals surface area contributed by atoms with Crippen molar-refractivity contribution >= 4 is 11.8 Å².